The van der Waals surface area contributed by atoms with E-state index in [9.17, 15) is 13.5 Å². The van der Waals surface area contributed by atoms with Crippen molar-refractivity contribution in [3.05, 3.63) is 47.2 Å². The molecule has 0 bridgehead atoms. The molecule has 1 aromatic carbocycles. The monoisotopic (exact) mass is 506 g/mol. The molecule has 4 rings (SSSR count). The van der Waals surface area contributed by atoms with E-state index in [4.69, 9.17) is 21.3 Å². The third-order valence-electron chi connectivity index (χ3n) is 6.03. The molecular weight excluding hydrogens is 476 g/mol. The van der Waals surface area contributed by atoms with Gasteiger partial charge in [0.1, 0.15) is 11.4 Å². The number of rotatable bonds is 8. The first-order chi connectivity index (χ1) is 16.2. The summed E-state index contributed by atoms with van der Waals surface area (Å²) in [4.78, 5) is 7.02. The summed E-state index contributed by atoms with van der Waals surface area (Å²) in [6.45, 7) is 5.19. The van der Waals surface area contributed by atoms with Crippen molar-refractivity contribution in [3.63, 3.8) is 0 Å². The highest BCUT2D eigenvalue weighted by atomic mass is 35.5. The average molecular weight is 507 g/mol. The van der Waals surface area contributed by atoms with Crippen molar-refractivity contribution in [3.8, 4) is 17.0 Å². The highest BCUT2D eigenvalue weighted by Crippen LogP contribution is 2.34. The molecule has 10 heteroatoms. The second-order valence-electron chi connectivity index (χ2n) is 9.13. The first-order valence-corrected chi connectivity index (χ1v) is 13.4. The van der Waals surface area contributed by atoms with E-state index in [1.165, 1.54) is 7.11 Å². The van der Waals surface area contributed by atoms with E-state index in [0.717, 1.165) is 42.8 Å². The van der Waals surface area contributed by atoms with Gasteiger partial charge in [-0.3, -0.25) is 0 Å². The van der Waals surface area contributed by atoms with Crippen LogP contribution in [0.25, 0.3) is 16.9 Å². The number of aliphatic hydroxyl groups excluding tert-OH is 1. The molecule has 2 aromatic heterocycles. The van der Waals surface area contributed by atoms with Gasteiger partial charge in [0.25, 0.3) is 0 Å². The summed E-state index contributed by atoms with van der Waals surface area (Å²) < 4.78 is 34.6. The van der Waals surface area contributed by atoms with Gasteiger partial charge in [-0.2, -0.15) is 0 Å². The summed E-state index contributed by atoms with van der Waals surface area (Å²) >= 11 is 6.32. The Morgan fingerprint density at radius 1 is 1.26 bits per heavy atom. The Morgan fingerprint density at radius 3 is 2.65 bits per heavy atom. The Bertz CT molecular complexity index is 1270. The molecule has 1 fully saturated rings. The molecular formula is C24H31ClN4O4S. The SMILES string of the molecule is COc1cc(CO)c(-c2cn3ccc(N4CCC(NS(=O)(=O)CC(C)C)CC4)cc3n2)cc1Cl. The molecule has 34 heavy (non-hydrogen) atoms. The van der Waals surface area contributed by atoms with Gasteiger partial charge in [0.15, 0.2) is 0 Å². The van der Waals surface area contributed by atoms with Gasteiger partial charge < -0.3 is 19.1 Å². The second kappa shape index (κ2) is 10.1. The van der Waals surface area contributed by atoms with Crippen LogP contribution < -0.4 is 14.4 Å². The van der Waals surface area contributed by atoms with Crippen LogP contribution in [0.1, 0.15) is 32.3 Å². The van der Waals surface area contributed by atoms with Crippen molar-refractivity contribution in [2.24, 2.45) is 5.92 Å². The molecule has 3 heterocycles. The molecule has 0 saturated carbocycles. The minimum Gasteiger partial charge on any atom is -0.495 e. The zero-order valence-corrected chi connectivity index (χ0v) is 21.2. The van der Waals surface area contributed by atoms with Crippen LogP contribution in [-0.4, -0.2) is 54.9 Å². The predicted octanol–water partition coefficient (Wildman–Crippen LogP) is 3.70. The number of hydrogen-bond acceptors (Lipinski definition) is 6. The van der Waals surface area contributed by atoms with Crippen molar-refractivity contribution in [1.29, 1.82) is 0 Å². The summed E-state index contributed by atoms with van der Waals surface area (Å²) in [5.41, 5.74) is 3.98. The number of imidazole rings is 1. The molecule has 1 saturated heterocycles. The van der Waals surface area contributed by atoms with E-state index in [0.29, 0.717) is 22.0 Å². The van der Waals surface area contributed by atoms with Gasteiger partial charge in [-0.1, -0.05) is 25.4 Å². The fourth-order valence-electron chi connectivity index (χ4n) is 4.42. The van der Waals surface area contributed by atoms with Gasteiger partial charge in [-0.05, 0) is 42.5 Å². The molecule has 3 aromatic rings. The summed E-state index contributed by atoms with van der Waals surface area (Å²) in [5.74, 6) is 0.769. The first-order valence-electron chi connectivity index (χ1n) is 11.4. The summed E-state index contributed by atoms with van der Waals surface area (Å²) in [6.07, 6.45) is 5.38. The molecule has 0 unspecified atom stereocenters. The maximum Gasteiger partial charge on any atom is 0.212 e. The largest absolute Gasteiger partial charge is 0.495 e. The molecule has 0 aliphatic carbocycles. The summed E-state index contributed by atoms with van der Waals surface area (Å²) in [5, 5.41) is 10.3. The highest BCUT2D eigenvalue weighted by Gasteiger charge is 2.24. The van der Waals surface area contributed by atoms with E-state index in [-0.39, 0.29) is 24.3 Å². The maximum absolute atomic E-state index is 12.3. The van der Waals surface area contributed by atoms with Crippen LogP contribution in [0.3, 0.4) is 0 Å². The Morgan fingerprint density at radius 2 is 2.00 bits per heavy atom. The van der Waals surface area contributed by atoms with Crippen LogP contribution in [0.15, 0.2) is 36.7 Å². The van der Waals surface area contributed by atoms with Gasteiger partial charge >= 0.3 is 0 Å². The predicted molar refractivity (Wildman–Crippen MR) is 135 cm³/mol. The van der Waals surface area contributed by atoms with Crippen molar-refractivity contribution in [1.82, 2.24) is 14.1 Å². The van der Waals surface area contributed by atoms with Crippen molar-refractivity contribution in [2.45, 2.75) is 39.3 Å². The highest BCUT2D eigenvalue weighted by molar-refractivity contribution is 7.89. The van der Waals surface area contributed by atoms with Crippen LogP contribution in [0.5, 0.6) is 5.75 Å². The van der Waals surface area contributed by atoms with Crippen LogP contribution in [0.4, 0.5) is 5.69 Å². The van der Waals surface area contributed by atoms with Gasteiger partial charge in [0.05, 0.1) is 30.2 Å². The number of sulfonamides is 1. The number of nitrogens with zero attached hydrogens (tertiary/aromatic N) is 3. The van der Waals surface area contributed by atoms with E-state index in [2.05, 4.69) is 9.62 Å². The molecule has 184 valence electrons. The molecule has 8 nitrogen and oxygen atoms in total. The van der Waals surface area contributed by atoms with Gasteiger partial charge in [0.2, 0.25) is 10.0 Å². The lowest BCUT2D eigenvalue weighted by atomic mass is 10.1. The Balaban J connectivity index is 1.50. The Kier molecular flexibility index (Phi) is 7.37. The number of pyridine rings is 1. The number of ether oxygens (including phenoxy) is 1. The van der Waals surface area contributed by atoms with Crippen molar-refractivity contribution in [2.75, 3.05) is 30.9 Å². The Labute approximate surface area is 205 Å². The lowest BCUT2D eigenvalue weighted by Crippen LogP contribution is -2.45. The second-order valence-corrected chi connectivity index (χ2v) is 11.3. The summed E-state index contributed by atoms with van der Waals surface area (Å²) in [7, 11) is -1.71. The number of aliphatic hydroxyl groups is 1. The normalized spacial score (nSPS) is 15.4. The molecule has 1 aliphatic heterocycles. The zero-order chi connectivity index (χ0) is 24.5. The number of benzene rings is 1. The quantitative estimate of drug-likeness (QED) is 0.483. The number of methoxy groups -OCH3 is 1. The fraction of sp³-hybridized carbons (Fsp3) is 0.458. The number of nitrogens with one attached hydrogen (secondary N) is 1. The lowest BCUT2D eigenvalue weighted by molar-refractivity contribution is 0.281. The molecule has 0 amide bonds. The first kappa shape index (κ1) is 24.8. The third kappa shape index (κ3) is 5.49. The third-order valence-corrected chi connectivity index (χ3v) is 8.12. The number of piperidine rings is 1. The van der Waals surface area contributed by atoms with Gasteiger partial charge in [-0.15, -0.1) is 0 Å². The van der Waals surface area contributed by atoms with E-state index in [1.807, 2.05) is 42.8 Å². The van der Waals surface area contributed by atoms with Crippen LogP contribution in [0, 0.1) is 5.92 Å². The molecule has 0 radical (unpaired) electrons. The number of fused-ring (bicyclic) bond motifs is 1. The van der Waals surface area contributed by atoms with Gasteiger partial charge in [-0.25, -0.2) is 18.1 Å². The zero-order valence-electron chi connectivity index (χ0n) is 19.7. The Hall–Kier alpha value is -2.33. The molecule has 0 atom stereocenters. The molecule has 2 N–H and O–H groups in total. The minimum absolute atomic E-state index is 0.0292. The number of halogens is 1. The summed E-state index contributed by atoms with van der Waals surface area (Å²) in [6, 6.07) is 7.52. The van der Waals surface area contributed by atoms with Crippen LogP contribution >= 0.6 is 11.6 Å². The number of anilines is 1. The smallest absolute Gasteiger partial charge is 0.212 e. The average Bonchev–Trinajstić information content (AvgIpc) is 3.21. The number of aromatic nitrogens is 2. The van der Waals surface area contributed by atoms with Gasteiger partial charge in [0, 0.05) is 48.8 Å². The van der Waals surface area contributed by atoms with Crippen LogP contribution in [-0.2, 0) is 16.6 Å². The van der Waals surface area contributed by atoms with E-state index in [1.54, 1.807) is 12.1 Å². The van der Waals surface area contributed by atoms with Crippen LogP contribution in [0.2, 0.25) is 5.02 Å². The maximum atomic E-state index is 12.3. The van der Waals surface area contributed by atoms with E-state index < -0.39 is 10.0 Å². The standard InChI is InChI=1S/C24H31ClN4O4S/c1-16(2)15-34(31,32)27-18-4-7-28(8-5-18)19-6-9-29-13-22(26-24(29)11-19)20-12-21(25)23(33-3)10-17(20)14-30/h6,9-13,16,18,27,30H,4-5,7-8,14-15H2,1-3H3. The minimum atomic E-state index is -3.25. The topological polar surface area (TPSA) is 96.2 Å². The number of hydrogen-bond donors (Lipinski definition) is 2. The van der Waals surface area contributed by atoms with Crippen molar-refractivity contribution >= 4 is 33.0 Å². The molecule has 1 aliphatic rings. The lowest BCUT2D eigenvalue weighted by Gasteiger charge is -2.33. The van der Waals surface area contributed by atoms with E-state index >= 15 is 0 Å². The fourth-order valence-corrected chi connectivity index (χ4v) is 6.37. The van der Waals surface area contributed by atoms with Crippen molar-refractivity contribution < 1.29 is 18.3 Å². The molecule has 0 spiro atoms.